The quantitative estimate of drug-likeness (QED) is 0.589. The van der Waals surface area contributed by atoms with Gasteiger partial charge in [0.2, 0.25) is 0 Å². The van der Waals surface area contributed by atoms with E-state index in [0.717, 1.165) is 25.2 Å². The molecule has 0 radical (unpaired) electrons. The summed E-state index contributed by atoms with van der Waals surface area (Å²) in [4.78, 5) is 0. The first kappa shape index (κ1) is 10.7. The molecule has 2 heterocycles. The van der Waals surface area contributed by atoms with Crippen molar-refractivity contribution in [3.8, 4) is 0 Å². The van der Waals surface area contributed by atoms with Gasteiger partial charge < -0.3 is 9.15 Å². The van der Waals surface area contributed by atoms with Crippen molar-refractivity contribution in [2.75, 3.05) is 6.61 Å². The molecule has 4 heteroatoms. The van der Waals surface area contributed by atoms with Gasteiger partial charge in [-0.2, -0.15) is 0 Å². The van der Waals surface area contributed by atoms with Gasteiger partial charge in [-0.3, -0.25) is 5.84 Å². The number of furan rings is 1. The van der Waals surface area contributed by atoms with Gasteiger partial charge in [-0.05, 0) is 38.3 Å². The van der Waals surface area contributed by atoms with Crippen molar-refractivity contribution < 1.29 is 9.15 Å². The van der Waals surface area contributed by atoms with Crippen molar-refractivity contribution >= 4 is 0 Å². The summed E-state index contributed by atoms with van der Waals surface area (Å²) in [7, 11) is 0. The third-order valence-corrected chi connectivity index (χ3v) is 3.10. The molecule has 2 atom stereocenters. The van der Waals surface area contributed by atoms with Crippen LogP contribution in [-0.4, -0.2) is 12.2 Å². The van der Waals surface area contributed by atoms with Crippen molar-refractivity contribution in [3.05, 3.63) is 24.2 Å². The standard InChI is InChI=1S/C11H18N2O2/c1-11(6-2-3-8-15-11)10(13-12)9-5-4-7-14-9/h4-5,7,10,13H,2-3,6,8,12H2,1H3. The van der Waals surface area contributed by atoms with Gasteiger partial charge in [0.25, 0.3) is 0 Å². The third kappa shape index (κ3) is 2.07. The van der Waals surface area contributed by atoms with E-state index >= 15 is 0 Å². The summed E-state index contributed by atoms with van der Waals surface area (Å²) in [5.74, 6) is 6.43. The SMILES string of the molecule is CC1(C(NN)c2ccco2)CCCCO1. The molecule has 2 rings (SSSR count). The van der Waals surface area contributed by atoms with Gasteiger partial charge in [0.15, 0.2) is 0 Å². The highest BCUT2D eigenvalue weighted by molar-refractivity contribution is 5.10. The zero-order chi connectivity index (χ0) is 10.7. The van der Waals surface area contributed by atoms with E-state index in [1.807, 2.05) is 12.1 Å². The first-order valence-electron chi connectivity index (χ1n) is 5.40. The van der Waals surface area contributed by atoms with E-state index in [0.29, 0.717) is 0 Å². The summed E-state index contributed by atoms with van der Waals surface area (Å²) in [6, 6.07) is 3.72. The van der Waals surface area contributed by atoms with Gasteiger partial charge in [-0.25, -0.2) is 5.43 Å². The van der Waals surface area contributed by atoms with Crippen LogP contribution in [0.4, 0.5) is 0 Å². The Morgan fingerprint density at radius 2 is 2.40 bits per heavy atom. The number of nitrogens with one attached hydrogen (secondary N) is 1. The second-order valence-corrected chi connectivity index (χ2v) is 4.23. The monoisotopic (exact) mass is 210 g/mol. The fraction of sp³-hybridized carbons (Fsp3) is 0.636. The molecule has 1 aliphatic rings. The highest BCUT2D eigenvalue weighted by Gasteiger charge is 2.38. The molecular weight excluding hydrogens is 192 g/mol. The molecule has 0 aliphatic carbocycles. The summed E-state index contributed by atoms with van der Waals surface area (Å²) in [5, 5.41) is 0. The van der Waals surface area contributed by atoms with E-state index in [2.05, 4.69) is 12.3 Å². The molecule has 0 saturated carbocycles. The van der Waals surface area contributed by atoms with E-state index in [4.69, 9.17) is 15.0 Å². The van der Waals surface area contributed by atoms with Crippen LogP contribution in [0.25, 0.3) is 0 Å². The fourth-order valence-corrected chi connectivity index (χ4v) is 2.20. The summed E-state index contributed by atoms with van der Waals surface area (Å²) in [5.41, 5.74) is 2.54. The fourth-order valence-electron chi connectivity index (χ4n) is 2.20. The zero-order valence-electron chi connectivity index (χ0n) is 9.03. The molecule has 0 spiro atoms. The van der Waals surface area contributed by atoms with Crippen molar-refractivity contribution in [1.29, 1.82) is 0 Å². The smallest absolute Gasteiger partial charge is 0.124 e. The lowest BCUT2D eigenvalue weighted by Gasteiger charge is -2.39. The van der Waals surface area contributed by atoms with E-state index < -0.39 is 0 Å². The summed E-state index contributed by atoms with van der Waals surface area (Å²) >= 11 is 0. The van der Waals surface area contributed by atoms with Crippen LogP contribution in [0.1, 0.15) is 38.0 Å². The van der Waals surface area contributed by atoms with E-state index in [1.54, 1.807) is 6.26 Å². The minimum absolute atomic E-state index is 0.0761. The summed E-state index contributed by atoms with van der Waals surface area (Å²) < 4.78 is 11.2. The van der Waals surface area contributed by atoms with Gasteiger partial charge in [-0.15, -0.1) is 0 Å². The number of hydrogen-bond acceptors (Lipinski definition) is 4. The van der Waals surface area contributed by atoms with Crippen LogP contribution in [0.15, 0.2) is 22.8 Å². The first-order chi connectivity index (χ1) is 7.26. The maximum Gasteiger partial charge on any atom is 0.124 e. The molecule has 1 aromatic heterocycles. The van der Waals surface area contributed by atoms with Crippen molar-refractivity contribution in [2.45, 2.75) is 37.8 Å². The molecule has 0 amide bonds. The number of nitrogens with two attached hydrogens (primary N) is 1. The second kappa shape index (κ2) is 4.35. The van der Waals surface area contributed by atoms with Crippen LogP contribution in [-0.2, 0) is 4.74 Å². The maximum absolute atomic E-state index is 5.84. The lowest BCUT2D eigenvalue weighted by molar-refractivity contribution is -0.0936. The number of hydrazine groups is 1. The van der Waals surface area contributed by atoms with Crippen molar-refractivity contribution in [1.82, 2.24) is 5.43 Å². The number of ether oxygens (including phenoxy) is 1. The van der Waals surface area contributed by atoms with Crippen LogP contribution >= 0.6 is 0 Å². The highest BCUT2D eigenvalue weighted by Crippen LogP contribution is 2.36. The molecule has 15 heavy (non-hydrogen) atoms. The van der Waals surface area contributed by atoms with Crippen molar-refractivity contribution in [2.24, 2.45) is 5.84 Å². The molecule has 1 fully saturated rings. The number of hydrogen-bond donors (Lipinski definition) is 2. The van der Waals surface area contributed by atoms with Gasteiger partial charge in [-0.1, -0.05) is 0 Å². The van der Waals surface area contributed by atoms with Gasteiger partial charge in [0.1, 0.15) is 11.8 Å². The second-order valence-electron chi connectivity index (χ2n) is 4.23. The largest absolute Gasteiger partial charge is 0.468 e. The molecule has 0 aromatic carbocycles. The molecule has 1 aromatic rings. The molecule has 2 unspecified atom stereocenters. The zero-order valence-corrected chi connectivity index (χ0v) is 9.03. The van der Waals surface area contributed by atoms with Crippen LogP contribution < -0.4 is 11.3 Å². The number of rotatable bonds is 3. The molecule has 84 valence electrons. The average molecular weight is 210 g/mol. The highest BCUT2D eigenvalue weighted by atomic mass is 16.5. The normalized spacial score (nSPS) is 28.9. The first-order valence-corrected chi connectivity index (χ1v) is 5.40. The van der Waals surface area contributed by atoms with E-state index in [1.165, 1.54) is 6.42 Å². The average Bonchev–Trinajstić information content (AvgIpc) is 2.73. The maximum atomic E-state index is 5.84. The summed E-state index contributed by atoms with van der Waals surface area (Å²) in [6.45, 7) is 2.88. The molecular formula is C11H18N2O2. The Kier molecular flexibility index (Phi) is 3.09. The van der Waals surface area contributed by atoms with Crippen LogP contribution in [0, 0.1) is 0 Å². The Labute approximate surface area is 89.7 Å². The van der Waals surface area contributed by atoms with Crippen LogP contribution in [0.3, 0.4) is 0 Å². The van der Waals surface area contributed by atoms with Gasteiger partial charge >= 0.3 is 0 Å². The van der Waals surface area contributed by atoms with Crippen LogP contribution in [0.5, 0.6) is 0 Å². The third-order valence-electron chi connectivity index (χ3n) is 3.10. The minimum atomic E-state index is -0.259. The Morgan fingerprint density at radius 3 is 2.93 bits per heavy atom. The molecule has 4 nitrogen and oxygen atoms in total. The van der Waals surface area contributed by atoms with Gasteiger partial charge in [0.05, 0.1) is 11.9 Å². The molecule has 0 bridgehead atoms. The topological polar surface area (TPSA) is 60.4 Å². The Bertz CT molecular complexity index is 292. The summed E-state index contributed by atoms with van der Waals surface area (Å²) in [6.07, 6.45) is 4.97. The predicted octanol–water partition coefficient (Wildman–Crippen LogP) is 1.74. The predicted molar refractivity (Wildman–Crippen MR) is 57.0 cm³/mol. The lowest BCUT2D eigenvalue weighted by Crippen LogP contribution is -2.48. The lowest BCUT2D eigenvalue weighted by atomic mass is 9.87. The Balaban J connectivity index is 2.18. The molecule has 1 aliphatic heterocycles. The van der Waals surface area contributed by atoms with Crippen molar-refractivity contribution in [3.63, 3.8) is 0 Å². The Hall–Kier alpha value is -0.840. The van der Waals surface area contributed by atoms with Gasteiger partial charge in [0, 0.05) is 6.61 Å². The Morgan fingerprint density at radius 1 is 1.53 bits per heavy atom. The van der Waals surface area contributed by atoms with Crippen LogP contribution in [0.2, 0.25) is 0 Å². The van der Waals surface area contributed by atoms with E-state index in [9.17, 15) is 0 Å². The van der Waals surface area contributed by atoms with E-state index in [-0.39, 0.29) is 11.6 Å². The molecule has 3 N–H and O–H groups in total. The minimum Gasteiger partial charge on any atom is -0.468 e. The molecule has 1 saturated heterocycles.